The number of esters is 1. The zero-order chi connectivity index (χ0) is 26.2. The summed E-state index contributed by atoms with van der Waals surface area (Å²) in [6, 6.07) is 28.6. The third-order valence-corrected chi connectivity index (χ3v) is 13.6. The monoisotopic (exact) mass is 550 g/mol. The fourth-order valence-electron chi connectivity index (χ4n) is 7.30. The third kappa shape index (κ3) is 4.80. The van der Waals surface area contributed by atoms with Gasteiger partial charge in [0.2, 0.25) is 0 Å². The fourth-order valence-corrected chi connectivity index (χ4v) is 12.5. The van der Waals surface area contributed by atoms with Gasteiger partial charge in [0.15, 0.2) is 0 Å². The number of hydrogen-bond acceptors (Lipinski definition) is 5. The first-order valence-corrected chi connectivity index (χ1v) is 16.6. The van der Waals surface area contributed by atoms with Crippen LogP contribution in [0, 0.1) is 23.2 Å². The predicted molar refractivity (Wildman–Crippen MR) is 148 cm³/mol. The van der Waals surface area contributed by atoms with E-state index in [1.54, 1.807) is 0 Å². The van der Waals surface area contributed by atoms with Gasteiger partial charge in [-0.15, -0.1) is 0 Å². The quantitative estimate of drug-likeness (QED) is 0.269. The van der Waals surface area contributed by atoms with Gasteiger partial charge < -0.3 is 4.74 Å². The van der Waals surface area contributed by atoms with Gasteiger partial charge in [0, 0.05) is 14.7 Å². The molecule has 0 aromatic heterocycles. The number of rotatable bonds is 9. The van der Waals surface area contributed by atoms with Gasteiger partial charge in [-0.2, -0.15) is 8.42 Å². The first-order valence-electron chi connectivity index (χ1n) is 13.5. The molecular weight excluding hydrogens is 516 g/mol. The summed E-state index contributed by atoms with van der Waals surface area (Å²) in [6.45, 7) is -0.198. The molecule has 4 fully saturated rings. The smallest absolute Gasteiger partial charge is 0.312 e. The number of ether oxygens (including phenoxy) is 1. The van der Waals surface area contributed by atoms with Crippen molar-refractivity contribution in [2.24, 2.45) is 23.2 Å². The van der Waals surface area contributed by atoms with E-state index in [1.165, 1.54) is 19.3 Å². The van der Waals surface area contributed by atoms with E-state index in [2.05, 4.69) is 0 Å². The Labute approximate surface area is 227 Å². The molecule has 7 rings (SSSR count). The molecule has 0 saturated heterocycles. The molecule has 0 spiro atoms. The highest BCUT2D eigenvalue weighted by Gasteiger charge is 2.55. The van der Waals surface area contributed by atoms with Crippen LogP contribution >= 0.6 is 10.3 Å². The highest BCUT2D eigenvalue weighted by Crippen LogP contribution is 2.69. The Morgan fingerprint density at radius 1 is 0.684 bits per heavy atom. The van der Waals surface area contributed by atoms with Crippen LogP contribution in [0.2, 0.25) is 0 Å². The van der Waals surface area contributed by atoms with E-state index in [1.807, 2.05) is 91.0 Å². The molecule has 7 heteroatoms. The van der Waals surface area contributed by atoms with E-state index < -0.39 is 25.8 Å². The van der Waals surface area contributed by atoms with Gasteiger partial charge >= 0.3 is 5.97 Å². The third-order valence-electron chi connectivity index (χ3n) is 8.47. The molecule has 38 heavy (non-hydrogen) atoms. The van der Waals surface area contributed by atoms with Crippen LogP contribution in [0.4, 0.5) is 0 Å². The van der Waals surface area contributed by atoms with Gasteiger partial charge in [0.05, 0.1) is 5.41 Å². The normalized spacial score (nSPS) is 26.7. The molecule has 0 radical (unpaired) electrons. The van der Waals surface area contributed by atoms with E-state index >= 15 is 0 Å². The summed E-state index contributed by atoms with van der Waals surface area (Å²) in [5, 5.41) is 0. The number of hydrogen-bond donors (Lipinski definition) is 0. The number of carbonyl (C=O) groups is 1. The molecule has 200 valence electrons. The fraction of sp³-hybridized carbons (Fsp3) is 0.387. The standard InChI is InChI=1S/C31H34O5S2/c32-30(31-21-24-18-25(22-31)20-26(19-24)23-31)35-16-17-37(33,34)36-38(27-10-4-1-5-11-27,28-12-6-2-7-13-28)29-14-8-3-9-15-29/h1-15,24-26H,16-23H2. The van der Waals surface area contributed by atoms with Crippen LogP contribution in [0.15, 0.2) is 106 Å². The summed E-state index contributed by atoms with van der Waals surface area (Å²) in [5.41, 5.74) is -0.410. The summed E-state index contributed by atoms with van der Waals surface area (Å²) in [4.78, 5) is 15.6. The molecule has 5 nitrogen and oxygen atoms in total. The minimum absolute atomic E-state index is 0.198. The van der Waals surface area contributed by atoms with E-state index in [4.69, 9.17) is 8.37 Å². The molecule has 3 aromatic carbocycles. The number of benzene rings is 3. The molecule has 0 unspecified atom stereocenters. The molecule has 4 aliphatic carbocycles. The molecule has 0 heterocycles. The van der Waals surface area contributed by atoms with E-state index in [0.29, 0.717) is 17.8 Å². The predicted octanol–water partition coefficient (Wildman–Crippen LogP) is 6.99. The van der Waals surface area contributed by atoms with Crippen molar-refractivity contribution in [3.63, 3.8) is 0 Å². The molecule has 4 saturated carbocycles. The Bertz CT molecular complexity index is 1240. The summed E-state index contributed by atoms with van der Waals surface area (Å²) in [5.74, 6) is 1.26. The minimum Gasteiger partial charge on any atom is -0.464 e. The van der Waals surface area contributed by atoms with Crippen molar-refractivity contribution in [2.45, 2.75) is 53.2 Å². The van der Waals surface area contributed by atoms with Crippen molar-refractivity contribution in [2.75, 3.05) is 12.4 Å². The van der Waals surface area contributed by atoms with E-state index in [-0.39, 0.29) is 18.3 Å². The van der Waals surface area contributed by atoms with Crippen LogP contribution in [-0.4, -0.2) is 26.7 Å². The summed E-state index contributed by atoms with van der Waals surface area (Å²) >= 11 is 0. The molecule has 4 aliphatic rings. The summed E-state index contributed by atoms with van der Waals surface area (Å²) < 4.78 is 39.2. The van der Waals surface area contributed by atoms with Gasteiger partial charge in [-0.25, -0.2) is 3.63 Å². The highest BCUT2D eigenvalue weighted by atomic mass is 32.3. The number of carbonyl (C=O) groups excluding carboxylic acids is 1. The molecular formula is C31H34O5S2. The first kappa shape index (κ1) is 25.7. The molecule has 0 atom stereocenters. The van der Waals surface area contributed by atoms with Gasteiger partial charge in [-0.05, 0) is 103 Å². The van der Waals surface area contributed by atoms with Crippen LogP contribution in [-0.2, 0) is 23.3 Å². The van der Waals surface area contributed by atoms with Gasteiger partial charge in [0.1, 0.15) is 12.4 Å². The van der Waals surface area contributed by atoms with Gasteiger partial charge in [0.25, 0.3) is 10.1 Å². The maximum atomic E-state index is 13.6. The maximum Gasteiger partial charge on any atom is 0.312 e. The topological polar surface area (TPSA) is 69.7 Å². The lowest BCUT2D eigenvalue weighted by Gasteiger charge is -2.55. The Kier molecular flexibility index (Phi) is 6.87. The molecule has 3 aromatic rings. The molecule has 4 bridgehead atoms. The van der Waals surface area contributed by atoms with Crippen LogP contribution < -0.4 is 0 Å². The molecule has 0 amide bonds. The Balaban J connectivity index is 1.25. The Morgan fingerprint density at radius 3 is 1.47 bits per heavy atom. The lowest BCUT2D eigenvalue weighted by Crippen LogP contribution is -2.50. The second-order valence-electron chi connectivity index (χ2n) is 11.2. The van der Waals surface area contributed by atoms with Crippen molar-refractivity contribution < 1.29 is 21.6 Å². The van der Waals surface area contributed by atoms with Gasteiger partial charge in [-0.3, -0.25) is 4.79 Å². The second-order valence-corrected chi connectivity index (χ2v) is 15.8. The molecule has 0 N–H and O–H groups in total. The van der Waals surface area contributed by atoms with Crippen molar-refractivity contribution in [1.82, 2.24) is 0 Å². The average molecular weight is 551 g/mol. The Morgan fingerprint density at radius 2 is 1.08 bits per heavy atom. The van der Waals surface area contributed by atoms with Gasteiger partial charge in [-0.1, -0.05) is 54.6 Å². The lowest BCUT2D eigenvalue weighted by molar-refractivity contribution is -0.170. The van der Waals surface area contributed by atoms with Crippen LogP contribution in [0.3, 0.4) is 0 Å². The zero-order valence-electron chi connectivity index (χ0n) is 21.4. The van der Waals surface area contributed by atoms with E-state index in [0.717, 1.165) is 33.9 Å². The largest absolute Gasteiger partial charge is 0.464 e. The summed E-state index contributed by atoms with van der Waals surface area (Å²) in [6.07, 6.45) is 6.38. The second kappa shape index (κ2) is 10.2. The zero-order valence-corrected chi connectivity index (χ0v) is 23.0. The summed E-state index contributed by atoms with van der Waals surface area (Å²) in [7, 11) is -6.68. The highest BCUT2D eigenvalue weighted by molar-refractivity contribution is 8.33. The van der Waals surface area contributed by atoms with Crippen molar-refractivity contribution in [1.29, 1.82) is 0 Å². The molecule has 0 aliphatic heterocycles. The van der Waals surface area contributed by atoms with Crippen LogP contribution in [0.25, 0.3) is 0 Å². The lowest BCUT2D eigenvalue weighted by atomic mass is 9.49. The first-order chi connectivity index (χ1) is 18.4. The minimum atomic E-state index is -4.08. The van der Waals surface area contributed by atoms with Crippen molar-refractivity contribution >= 4 is 26.4 Å². The van der Waals surface area contributed by atoms with E-state index in [9.17, 15) is 13.2 Å². The van der Waals surface area contributed by atoms with Crippen LogP contribution in [0.5, 0.6) is 0 Å². The van der Waals surface area contributed by atoms with Crippen molar-refractivity contribution in [3.05, 3.63) is 91.0 Å². The average Bonchev–Trinajstić information content (AvgIpc) is 2.92. The maximum absolute atomic E-state index is 13.6. The van der Waals surface area contributed by atoms with Crippen LogP contribution in [0.1, 0.15) is 38.5 Å². The Hall–Kier alpha value is -2.61. The SMILES string of the molecule is O=C(OCCS(=O)(=O)OS(c1ccccc1)(c1ccccc1)c1ccccc1)C12CC3CC(CC(C3)C1)C2. The van der Waals surface area contributed by atoms with Crippen molar-refractivity contribution in [3.8, 4) is 0 Å².